The van der Waals surface area contributed by atoms with Crippen LogP contribution in [-0.4, -0.2) is 77.2 Å². The van der Waals surface area contributed by atoms with Crippen molar-refractivity contribution in [2.45, 2.75) is 19.6 Å². The second kappa shape index (κ2) is 20.5. The average molecular weight is 965 g/mol. The van der Waals surface area contributed by atoms with E-state index in [1.165, 1.54) is 6.07 Å². The van der Waals surface area contributed by atoms with Crippen LogP contribution in [0.5, 0.6) is 0 Å². The zero-order valence-corrected chi connectivity index (χ0v) is 34.5. The lowest BCUT2D eigenvalue weighted by Gasteiger charge is -2.10. The highest BCUT2D eigenvalue weighted by atomic mass is 35.5. The Balaban J connectivity index is 1.41. The summed E-state index contributed by atoms with van der Waals surface area (Å²) < 4.78 is 107. The molecule has 5 aromatic rings. The number of hydrogen-bond donors (Lipinski definition) is 8. The van der Waals surface area contributed by atoms with E-state index in [4.69, 9.17) is 37.8 Å². The number of nitrogens with two attached hydrogens (primary N) is 2. The number of sulfone groups is 1. The number of pyridine rings is 1. The van der Waals surface area contributed by atoms with Crippen molar-refractivity contribution >= 4 is 124 Å². The number of nitrogen functional groups attached to an aromatic ring is 2. The lowest BCUT2D eigenvalue weighted by atomic mass is 10.3. The van der Waals surface area contributed by atoms with Crippen molar-refractivity contribution in [3.8, 4) is 0 Å². The van der Waals surface area contributed by atoms with Crippen molar-refractivity contribution < 1.29 is 67.8 Å². The average Bonchev–Trinajstić information content (AvgIpc) is 3.18. The Morgan fingerprint density at radius 1 is 0.672 bits per heavy atom. The number of azo groups is 2. The summed E-state index contributed by atoms with van der Waals surface area (Å²) in [5.41, 5.74) is 10.9. The third-order valence-electron chi connectivity index (χ3n) is 7.03. The molecule has 5 rings (SSSR count). The summed E-state index contributed by atoms with van der Waals surface area (Å²) >= 11 is 6.94. The van der Waals surface area contributed by atoms with Crippen molar-refractivity contribution in [3.05, 3.63) is 72.0 Å². The number of halogens is 1. The number of nitrogens with one attached hydrogen (secondary N) is 2. The molecule has 33 heteroatoms. The summed E-state index contributed by atoms with van der Waals surface area (Å²) in [6.45, 7) is -0.491. The number of aromatic nitrogens is 4. The molecule has 0 amide bonds. The molecule has 3 aromatic carbocycles. The third-order valence-corrected chi connectivity index (χ3v) is 11.6. The van der Waals surface area contributed by atoms with Crippen LogP contribution in [0, 0.1) is 0 Å². The fourth-order valence-electron chi connectivity index (χ4n) is 4.49. The van der Waals surface area contributed by atoms with Gasteiger partial charge in [0.05, 0.1) is 29.3 Å². The molecule has 10 N–H and O–H groups in total. The minimum atomic E-state index is -5.11. The maximum absolute atomic E-state index is 12.7. The number of benzene rings is 3. The van der Waals surface area contributed by atoms with Gasteiger partial charge in [-0.2, -0.15) is 31.8 Å². The van der Waals surface area contributed by atoms with Gasteiger partial charge < -0.3 is 22.1 Å². The normalized spacial score (nSPS) is 12.3. The highest BCUT2D eigenvalue weighted by molar-refractivity contribution is 7.94. The predicted molar refractivity (Wildman–Crippen MR) is 213 cm³/mol. The first-order valence-corrected chi connectivity index (χ1v) is 22.0. The summed E-state index contributed by atoms with van der Waals surface area (Å²) in [6.07, 6.45) is 0. The van der Waals surface area contributed by atoms with Gasteiger partial charge in [0.25, 0.3) is 20.2 Å². The molecule has 0 fully saturated rings. The predicted octanol–water partition coefficient (Wildman–Crippen LogP) is 6.10. The van der Waals surface area contributed by atoms with Crippen molar-refractivity contribution in [2.24, 2.45) is 20.5 Å². The smallest absolute Gasteiger partial charge is 0.296 e. The van der Waals surface area contributed by atoms with E-state index in [9.17, 15) is 34.4 Å². The highest BCUT2D eigenvalue weighted by Gasteiger charge is 2.23. The molecular weight excluding hydrogens is 940 g/mol. The highest BCUT2D eigenvalue weighted by Crippen LogP contribution is 2.36. The van der Waals surface area contributed by atoms with E-state index in [0.29, 0.717) is 28.7 Å². The minimum Gasteiger partial charge on any atom is -0.382 e. The number of rotatable bonds is 20. The number of nitrogens with zero attached hydrogens (tertiary/aromatic N) is 8. The van der Waals surface area contributed by atoms with Gasteiger partial charge in [0, 0.05) is 22.3 Å². The Morgan fingerprint density at radius 3 is 1.90 bits per heavy atom. The SMILES string of the molecule is Nc1nc(N)c(N=Nc2ccc(S(=O)(=O)CCOSOOO)cc2S(=O)(=O)O)cc1N=Nc1cc(Nc2nc(Cl)nc(Nc3cccc(SOOO)c3)n2)ccc1S(=O)(=O)O. The van der Waals surface area contributed by atoms with Crippen molar-refractivity contribution in [1.29, 1.82) is 0 Å². The maximum atomic E-state index is 12.7. The van der Waals surface area contributed by atoms with Crippen LogP contribution >= 0.6 is 36.0 Å². The fraction of sp³-hybridized carbons (Fsp3) is 0.0714. The summed E-state index contributed by atoms with van der Waals surface area (Å²) in [7, 11) is -14.2. The van der Waals surface area contributed by atoms with Crippen LogP contribution in [0.4, 0.5) is 57.7 Å². The second-order valence-corrected chi connectivity index (χ2v) is 17.6. The molecule has 0 aliphatic carbocycles. The zero-order valence-electron chi connectivity index (χ0n) is 29.7. The van der Waals surface area contributed by atoms with Crippen LogP contribution in [0.15, 0.2) is 107 Å². The van der Waals surface area contributed by atoms with E-state index in [-0.39, 0.29) is 58.2 Å². The van der Waals surface area contributed by atoms with Crippen molar-refractivity contribution in [2.75, 3.05) is 34.5 Å². The van der Waals surface area contributed by atoms with Gasteiger partial charge in [0.2, 0.25) is 17.2 Å². The molecule has 324 valence electrons. The molecule has 0 spiro atoms. The van der Waals surface area contributed by atoms with Gasteiger partial charge in [-0.15, -0.1) is 29.1 Å². The van der Waals surface area contributed by atoms with Crippen molar-refractivity contribution in [1.82, 2.24) is 19.9 Å². The number of anilines is 6. The summed E-state index contributed by atoms with van der Waals surface area (Å²) in [4.78, 5) is 14.4. The van der Waals surface area contributed by atoms with Gasteiger partial charge in [-0.05, 0) is 66.2 Å². The van der Waals surface area contributed by atoms with E-state index in [0.717, 1.165) is 30.3 Å². The van der Waals surface area contributed by atoms with Gasteiger partial charge in [-0.25, -0.2) is 23.9 Å². The Labute approximate surface area is 356 Å². The maximum Gasteiger partial charge on any atom is 0.296 e. The van der Waals surface area contributed by atoms with Gasteiger partial charge in [0.1, 0.15) is 32.5 Å². The molecule has 0 saturated heterocycles. The van der Waals surface area contributed by atoms with Gasteiger partial charge in [-0.3, -0.25) is 13.3 Å². The molecule has 2 heterocycles. The van der Waals surface area contributed by atoms with E-state index in [1.54, 1.807) is 24.3 Å². The minimum absolute atomic E-state index is 0.0309. The van der Waals surface area contributed by atoms with Gasteiger partial charge in [-0.1, -0.05) is 16.1 Å². The molecule has 0 bridgehead atoms. The van der Waals surface area contributed by atoms with E-state index < -0.39 is 68.5 Å². The van der Waals surface area contributed by atoms with Crippen LogP contribution in [0.1, 0.15) is 0 Å². The Hall–Kier alpha value is -5.30. The summed E-state index contributed by atoms with van der Waals surface area (Å²) in [6, 6.07) is 13.5. The van der Waals surface area contributed by atoms with Crippen LogP contribution in [0.3, 0.4) is 0 Å². The Kier molecular flexibility index (Phi) is 15.7. The largest absolute Gasteiger partial charge is 0.382 e. The lowest BCUT2D eigenvalue weighted by Crippen LogP contribution is -2.12. The van der Waals surface area contributed by atoms with Crippen LogP contribution in [0.25, 0.3) is 0 Å². The molecule has 0 unspecified atom stereocenters. The first-order chi connectivity index (χ1) is 28.9. The Morgan fingerprint density at radius 2 is 1.28 bits per heavy atom. The third kappa shape index (κ3) is 13.3. The number of hydrogen-bond acceptors (Lipinski definition) is 27. The fourth-order valence-corrected chi connectivity index (χ4v) is 7.83. The summed E-state index contributed by atoms with van der Waals surface area (Å²) in [5.74, 6) is -1.58. The molecule has 0 aliphatic heterocycles. The van der Waals surface area contributed by atoms with E-state index >= 15 is 0 Å². The topological polar surface area (TPSA) is 407 Å². The van der Waals surface area contributed by atoms with Crippen molar-refractivity contribution in [3.63, 3.8) is 0 Å². The van der Waals surface area contributed by atoms with Crippen LogP contribution in [0.2, 0.25) is 5.28 Å². The standard InChI is InChI=1S/C28H25ClN12O15S5/c29-26-35-27(32-14-2-1-3-16(10-14)57-55-53-42)37-28(36-26)33-15-4-7-22(60(46,47)48)19(11-15)39-41-21-13-20(24(30)34-25(21)31)40-38-18-6-5-17(12-23(18)61(49,50)51)59(44,45)9-8-52-58-56-54-43/h1-7,10-13,42-43H,8-9H2,(H4,30,31,34)(H,46,47,48)(H,49,50,51)(H2,32,33,35,36,37). The molecule has 0 radical (unpaired) electrons. The molecule has 0 aliphatic rings. The molecule has 0 saturated carbocycles. The first kappa shape index (κ1) is 46.8. The van der Waals surface area contributed by atoms with Gasteiger partial charge >= 0.3 is 0 Å². The van der Waals surface area contributed by atoms with E-state index in [2.05, 4.69) is 69.8 Å². The molecule has 61 heavy (non-hydrogen) atoms. The quantitative estimate of drug-likeness (QED) is 0.0109. The van der Waals surface area contributed by atoms with Crippen LogP contribution < -0.4 is 22.1 Å². The van der Waals surface area contributed by atoms with E-state index in [1.807, 2.05) is 0 Å². The molecule has 27 nitrogen and oxygen atoms in total. The molecule has 0 atom stereocenters. The lowest BCUT2D eigenvalue weighted by molar-refractivity contribution is -0.434. The Bertz CT molecular complexity index is 2810. The molecular formula is C28H25ClN12O15S5. The monoisotopic (exact) mass is 964 g/mol. The summed E-state index contributed by atoms with van der Waals surface area (Å²) in [5, 5.41) is 44.3. The van der Waals surface area contributed by atoms with Gasteiger partial charge in [0.15, 0.2) is 33.8 Å². The first-order valence-electron chi connectivity index (χ1n) is 15.7. The zero-order chi connectivity index (χ0) is 44.4. The van der Waals surface area contributed by atoms with Crippen LogP contribution in [-0.2, 0) is 53.0 Å². The molecule has 2 aromatic heterocycles. The second-order valence-electron chi connectivity index (χ2n) is 11.1.